The number of hydrogen-bond donors (Lipinski definition) is 3. The van der Waals surface area contributed by atoms with Gasteiger partial charge < -0.3 is 10.4 Å². The van der Waals surface area contributed by atoms with Crippen LogP contribution < -0.4 is 10.5 Å². The summed E-state index contributed by atoms with van der Waals surface area (Å²) < 4.78 is 23.3. The predicted octanol–water partition coefficient (Wildman–Crippen LogP) is 3.52. The van der Waals surface area contributed by atoms with Gasteiger partial charge >= 0.3 is 0 Å². The van der Waals surface area contributed by atoms with Crippen LogP contribution in [0.5, 0.6) is 5.75 Å². The fraction of sp³-hybridized carbons (Fsp3) is 0.222. The maximum atomic E-state index is 11.7. The standard InChI is InChI=1S/C18H17ClN2O3S/c19-16-8-10(22)4-6-14(16)18-13-3-1-2-12(13)15-9-11(25(20,23)24)5-7-17(15)21-18/h1-2,4-9,12-13,18,21-22H,3H2,(H2,20,23,24). The van der Waals surface area contributed by atoms with Crippen molar-refractivity contribution in [2.75, 3.05) is 5.32 Å². The number of benzene rings is 2. The summed E-state index contributed by atoms with van der Waals surface area (Å²) in [7, 11) is -3.74. The van der Waals surface area contributed by atoms with Gasteiger partial charge in [0.25, 0.3) is 0 Å². The van der Waals surface area contributed by atoms with E-state index >= 15 is 0 Å². The summed E-state index contributed by atoms with van der Waals surface area (Å²) in [6.45, 7) is 0. The number of phenols is 1. The van der Waals surface area contributed by atoms with Crippen LogP contribution in [0, 0.1) is 5.92 Å². The first kappa shape index (κ1) is 16.4. The van der Waals surface area contributed by atoms with Gasteiger partial charge in [0.05, 0.1) is 10.9 Å². The minimum atomic E-state index is -3.74. The van der Waals surface area contributed by atoms with E-state index in [0.29, 0.717) is 5.02 Å². The highest BCUT2D eigenvalue weighted by molar-refractivity contribution is 7.89. The molecule has 0 bridgehead atoms. The molecule has 1 aliphatic carbocycles. The van der Waals surface area contributed by atoms with Crippen molar-refractivity contribution in [1.82, 2.24) is 0 Å². The minimum absolute atomic E-state index is 0.0269. The van der Waals surface area contributed by atoms with Crippen molar-refractivity contribution in [2.24, 2.45) is 11.1 Å². The Balaban J connectivity index is 1.81. The second kappa shape index (κ2) is 5.76. The van der Waals surface area contributed by atoms with E-state index in [0.717, 1.165) is 23.2 Å². The van der Waals surface area contributed by atoms with Gasteiger partial charge in [-0.2, -0.15) is 0 Å². The second-order valence-electron chi connectivity index (χ2n) is 6.48. The number of halogens is 1. The molecule has 2 aromatic rings. The molecule has 0 saturated carbocycles. The number of nitrogens with two attached hydrogens (primary N) is 1. The summed E-state index contributed by atoms with van der Waals surface area (Å²) in [4.78, 5) is 0.119. The van der Waals surface area contributed by atoms with Crippen LogP contribution in [0.3, 0.4) is 0 Å². The van der Waals surface area contributed by atoms with Crippen LogP contribution in [-0.2, 0) is 10.0 Å². The minimum Gasteiger partial charge on any atom is -0.508 e. The molecule has 0 fully saturated rings. The van der Waals surface area contributed by atoms with Gasteiger partial charge in [-0.05, 0) is 53.8 Å². The van der Waals surface area contributed by atoms with Gasteiger partial charge in [0, 0.05) is 16.6 Å². The lowest BCUT2D eigenvalue weighted by atomic mass is 9.77. The molecule has 1 heterocycles. The Morgan fingerprint density at radius 2 is 1.96 bits per heavy atom. The molecule has 5 nitrogen and oxygen atoms in total. The number of anilines is 1. The molecular weight excluding hydrogens is 360 g/mol. The molecule has 1 aliphatic heterocycles. The van der Waals surface area contributed by atoms with E-state index in [1.54, 1.807) is 18.2 Å². The van der Waals surface area contributed by atoms with E-state index in [1.165, 1.54) is 12.1 Å². The van der Waals surface area contributed by atoms with Crippen LogP contribution in [0.25, 0.3) is 0 Å². The highest BCUT2D eigenvalue weighted by atomic mass is 35.5. The van der Waals surface area contributed by atoms with E-state index in [-0.39, 0.29) is 28.5 Å². The van der Waals surface area contributed by atoms with Crippen LogP contribution in [0.15, 0.2) is 53.4 Å². The van der Waals surface area contributed by atoms with Crippen LogP contribution >= 0.6 is 11.6 Å². The van der Waals surface area contributed by atoms with Gasteiger partial charge in [-0.3, -0.25) is 0 Å². The number of phenolic OH excluding ortho intramolecular Hbond substituents is 1. The van der Waals surface area contributed by atoms with Crippen molar-refractivity contribution in [2.45, 2.75) is 23.3 Å². The first-order valence-corrected chi connectivity index (χ1v) is 9.85. The summed E-state index contributed by atoms with van der Waals surface area (Å²) in [5.74, 6) is 0.432. The van der Waals surface area contributed by atoms with Gasteiger partial charge in [0.1, 0.15) is 5.75 Å². The van der Waals surface area contributed by atoms with Gasteiger partial charge in [0.2, 0.25) is 10.0 Å². The SMILES string of the molecule is NS(=O)(=O)c1ccc2c(c1)C1C=CCC1C(c1ccc(O)cc1Cl)N2. The summed E-state index contributed by atoms with van der Waals surface area (Å²) in [5, 5.41) is 18.9. The number of fused-ring (bicyclic) bond motifs is 3. The quantitative estimate of drug-likeness (QED) is 0.699. The molecule has 0 saturated heterocycles. The number of aromatic hydroxyl groups is 1. The van der Waals surface area contributed by atoms with E-state index in [1.807, 2.05) is 6.07 Å². The Morgan fingerprint density at radius 3 is 2.68 bits per heavy atom. The molecule has 0 aromatic heterocycles. The van der Waals surface area contributed by atoms with Crippen LogP contribution in [-0.4, -0.2) is 13.5 Å². The van der Waals surface area contributed by atoms with Crippen molar-refractivity contribution < 1.29 is 13.5 Å². The summed E-state index contributed by atoms with van der Waals surface area (Å²) in [6.07, 6.45) is 5.08. The maximum Gasteiger partial charge on any atom is 0.238 e. The maximum absolute atomic E-state index is 11.7. The zero-order chi connectivity index (χ0) is 17.8. The van der Waals surface area contributed by atoms with Gasteiger partial charge in [-0.25, -0.2) is 13.6 Å². The molecule has 0 amide bonds. The van der Waals surface area contributed by atoms with Gasteiger partial charge in [-0.15, -0.1) is 0 Å². The lowest BCUT2D eigenvalue weighted by Gasteiger charge is -2.38. The topological polar surface area (TPSA) is 92.4 Å². The third kappa shape index (κ3) is 2.80. The van der Waals surface area contributed by atoms with Gasteiger partial charge in [0.15, 0.2) is 0 Å². The number of sulfonamides is 1. The molecule has 25 heavy (non-hydrogen) atoms. The predicted molar refractivity (Wildman–Crippen MR) is 97.3 cm³/mol. The van der Waals surface area contributed by atoms with E-state index < -0.39 is 10.0 Å². The average molecular weight is 377 g/mol. The van der Waals surface area contributed by atoms with Crippen molar-refractivity contribution >= 4 is 27.3 Å². The highest BCUT2D eigenvalue weighted by Gasteiger charge is 2.39. The molecular formula is C18H17ClN2O3S. The van der Waals surface area contributed by atoms with E-state index in [9.17, 15) is 13.5 Å². The normalized spacial score (nSPS) is 24.5. The lowest BCUT2D eigenvalue weighted by Crippen LogP contribution is -2.29. The smallest absolute Gasteiger partial charge is 0.238 e. The third-order valence-electron chi connectivity index (χ3n) is 4.98. The monoisotopic (exact) mass is 376 g/mol. The Labute approximate surface area is 151 Å². The average Bonchev–Trinajstić information content (AvgIpc) is 3.03. The molecule has 130 valence electrons. The molecule has 7 heteroatoms. The fourth-order valence-corrected chi connectivity index (χ4v) is 4.67. The molecule has 0 radical (unpaired) electrons. The van der Waals surface area contributed by atoms with Crippen molar-refractivity contribution in [1.29, 1.82) is 0 Å². The molecule has 4 rings (SSSR count). The Hall–Kier alpha value is -2.02. The molecule has 4 N–H and O–H groups in total. The first-order valence-electron chi connectivity index (χ1n) is 7.93. The van der Waals surface area contributed by atoms with Crippen LogP contribution in [0.4, 0.5) is 5.69 Å². The largest absolute Gasteiger partial charge is 0.508 e. The number of hydrogen-bond acceptors (Lipinski definition) is 4. The molecule has 3 atom stereocenters. The molecule has 3 unspecified atom stereocenters. The lowest BCUT2D eigenvalue weighted by molar-refractivity contribution is 0.424. The summed E-state index contributed by atoms with van der Waals surface area (Å²) >= 11 is 6.35. The summed E-state index contributed by atoms with van der Waals surface area (Å²) in [6, 6.07) is 9.87. The van der Waals surface area contributed by atoms with Crippen molar-refractivity contribution in [3.8, 4) is 5.75 Å². The second-order valence-corrected chi connectivity index (χ2v) is 8.44. The number of primary sulfonamides is 1. The fourth-order valence-electron chi connectivity index (χ4n) is 3.83. The highest BCUT2D eigenvalue weighted by Crippen LogP contribution is 2.51. The Morgan fingerprint density at radius 1 is 1.16 bits per heavy atom. The zero-order valence-electron chi connectivity index (χ0n) is 13.2. The summed E-state index contributed by atoms with van der Waals surface area (Å²) in [5.41, 5.74) is 2.71. The Bertz CT molecular complexity index is 988. The Kier molecular flexibility index (Phi) is 3.79. The van der Waals surface area contributed by atoms with Crippen LogP contribution in [0.1, 0.15) is 29.5 Å². The van der Waals surface area contributed by atoms with Crippen molar-refractivity contribution in [3.63, 3.8) is 0 Å². The number of nitrogens with one attached hydrogen (secondary N) is 1. The van der Waals surface area contributed by atoms with Crippen molar-refractivity contribution in [3.05, 3.63) is 64.7 Å². The van der Waals surface area contributed by atoms with E-state index in [2.05, 4.69) is 17.5 Å². The molecule has 0 spiro atoms. The molecule has 2 aliphatic rings. The van der Waals surface area contributed by atoms with Gasteiger partial charge in [-0.1, -0.05) is 29.8 Å². The number of rotatable bonds is 2. The number of allylic oxidation sites excluding steroid dienone is 2. The third-order valence-corrected chi connectivity index (χ3v) is 6.22. The first-order chi connectivity index (χ1) is 11.8. The van der Waals surface area contributed by atoms with E-state index in [4.69, 9.17) is 16.7 Å². The molecule has 2 aromatic carbocycles. The zero-order valence-corrected chi connectivity index (χ0v) is 14.8. The van der Waals surface area contributed by atoms with Crippen LogP contribution in [0.2, 0.25) is 5.02 Å².